The van der Waals surface area contributed by atoms with Crippen LogP contribution in [0.5, 0.6) is 0 Å². The molecule has 0 saturated carbocycles. The Morgan fingerprint density at radius 1 is 0.648 bits per heavy atom. The maximum atomic E-state index is 16.3. The van der Waals surface area contributed by atoms with Crippen LogP contribution in [0.15, 0.2) is 186 Å². The predicted molar refractivity (Wildman–Crippen MR) is 216 cm³/mol. The average Bonchev–Trinajstić information content (AvgIpc) is 3.77. The van der Waals surface area contributed by atoms with Crippen LogP contribution in [-0.2, 0) is 0 Å². The van der Waals surface area contributed by atoms with E-state index in [4.69, 9.17) is 4.76 Å². The highest BCUT2D eigenvalue weighted by Gasteiger charge is 2.46. The Morgan fingerprint density at radius 2 is 1.11 bits per heavy atom. The van der Waals surface area contributed by atoms with Crippen LogP contribution >= 0.6 is 15.3 Å². The molecule has 0 saturated heterocycles. The summed E-state index contributed by atoms with van der Waals surface area (Å²) in [5, 5.41) is 13.5. The summed E-state index contributed by atoms with van der Waals surface area (Å²) in [6.45, 7) is 0. The van der Waals surface area contributed by atoms with Crippen molar-refractivity contribution in [1.82, 2.24) is 0 Å². The zero-order chi connectivity index (χ0) is 37.5. The fourth-order valence-corrected chi connectivity index (χ4v) is 14.6. The van der Waals surface area contributed by atoms with Gasteiger partial charge < -0.3 is 0 Å². The number of rotatable bonds is 11. The number of nitriles is 1. The molecule has 0 heterocycles. The Bertz CT molecular complexity index is 2380. The van der Waals surface area contributed by atoms with Gasteiger partial charge in [-0.15, -0.1) is 10.5 Å². The number of halogens is 4. The Hall–Kier alpha value is -5.94. The van der Waals surface area contributed by atoms with Crippen LogP contribution < -0.4 is 21.2 Å². The molecule has 7 rings (SSSR count). The summed E-state index contributed by atoms with van der Waals surface area (Å²) in [4.78, 5) is 0. The maximum Gasteiger partial charge on any atom is 0.202 e. The summed E-state index contributed by atoms with van der Waals surface area (Å²) in [6, 6.07) is 50.1. The number of benzene rings is 6. The molecule has 0 N–H and O–H groups in total. The summed E-state index contributed by atoms with van der Waals surface area (Å²) in [5.74, 6) is -6.41. The minimum absolute atomic E-state index is 0.194. The second kappa shape index (κ2) is 16.4. The molecule has 0 unspecified atom stereocenters. The van der Waals surface area contributed by atoms with E-state index in [1.54, 1.807) is 48.6 Å². The third kappa shape index (κ3) is 7.19. The fraction of sp³-hybridized carbons (Fsp3) is 0.0217. The molecule has 0 amide bonds. The highest BCUT2D eigenvalue weighted by Crippen LogP contribution is 2.65. The van der Waals surface area contributed by atoms with E-state index in [2.05, 4.69) is 30.0 Å². The second-order valence-electron chi connectivity index (χ2n) is 12.3. The largest absolute Gasteiger partial charge is 0.203 e. The molecular weight excluding hydrogens is 718 g/mol. The summed E-state index contributed by atoms with van der Waals surface area (Å²) in [7, 11) is -4.06. The third-order valence-corrected chi connectivity index (χ3v) is 16.5. The van der Waals surface area contributed by atoms with Crippen molar-refractivity contribution in [3.8, 4) is 6.07 Å². The van der Waals surface area contributed by atoms with Gasteiger partial charge in [0.2, 0.25) is 7.41 Å². The first-order valence-corrected chi connectivity index (χ1v) is 20.5. The van der Waals surface area contributed by atoms with Crippen LogP contribution in [0.1, 0.15) is 16.7 Å². The lowest BCUT2D eigenvalue weighted by Crippen LogP contribution is -2.26. The number of allylic oxidation sites excluding steroid dienone is 5. The molecule has 262 valence electrons. The van der Waals surface area contributed by atoms with Gasteiger partial charge in [-0.2, -0.15) is 5.26 Å². The molecular formula is C46H31F4N2P2+. The maximum absolute atomic E-state index is 16.3. The first kappa shape index (κ1) is 36.4. The summed E-state index contributed by atoms with van der Waals surface area (Å²) in [6.07, 6.45) is 6.46. The van der Waals surface area contributed by atoms with Crippen molar-refractivity contribution in [1.29, 1.82) is 5.26 Å². The van der Waals surface area contributed by atoms with Crippen molar-refractivity contribution in [3.05, 3.63) is 221 Å². The highest BCUT2D eigenvalue weighted by molar-refractivity contribution is 7.97. The molecule has 6 aromatic rings. The van der Waals surface area contributed by atoms with E-state index < -0.39 is 49.7 Å². The lowest BCUT2D eigenvalue weighted by atomic mass is 9.89. The van der Waals surface area contributed by atoms with Gasteiger partial charge in [0.15, 0.2) is 23.3 Å². The van der Waals surface area contributed by atoms with Crippen LogP contribution in [-0.4, -0.2) is 12.1 Å². The lowest BCUT2D eigenvalue weighted by Gasteiger charge is -2.28. The second-order valence-corrected chi connectivity index (χ2v) is 18.1. The van der Waals surface area contributed by atoms with Crippen molar-refractivity contribution >= 4 is 53.9 Å². The van der Waals surface area contributed by atoms with Crippen molar-refractivity contribution < 1.29 is 17.6 Å². The SMILES string of the molecule is N#Cc1c(F)c(F)c(C(/C=N/[P+](CP(c2ccccc2)c2ccccc2)(c2ccccc2)c2ccccc2)=C(\C2=C=CC=C2)c2ccccc2)c(F)c1F. The molecule has 0 fully saturated rings. The molecule has 6 aromatic carbocycles. The fourth-order valence-electron chi connectivity index (χ4n) is 6.49. The van der Waals surface area contributed by atoms with Gasteiger partial charge >= 0.3 is 0 Å². The van der Waals surface area contributed by atoms with Crippen molar-refractivity contribution in [2.75, 3.05) is 5.90 Å². The molecule has 2 nitrogen and oxygen atoms in total. The molecule has 0 bridgehead atoms. The summed E-state index contributed by atoms with van der Waals surface area (Å²) < 4.78 is 69.3. The van der Waals surface area contributed by atoms with E-state index >= 15 is 17.6 Å². The van der Waals surface area contributed by atoms with E-state index in [-0.39, 0.29) is 11.1 Å². The van der Waals surface area contributed by atoms with Gasteiger partial charge in [-0.25, -0.2) is 17.6 Å². The third-order valence-electron chi connectivity index (χ3n) is 9.08. The normalized spacial score (nSPS) is 12.9. The van der Waals surface area contributed by atoms with Gasteiger partial charge in [-0.05, 0) is 60.5 Å². The summed E-state index contributed by atoms with van der Waals surface area (Å²) >= 11 is 0. The molecule has 0 atom stereocenters. The van der Waals surface area contributed by atoms with Crippen LogP contribution in [0.4, 0.5) is 17.6 Å². The van der Waals surface area contributed by atoms with Crippen molar-refractivity contribution in [3.63, 3.8) is 0 Å². The first-order valence-electron chi connectivity index (χ1n) is 17.1. The summed E-state index contributed by atoms with van der Waals surface area (Å²) in [5.41, 5.74) is 1.84. The smallest absolute Gasteiger partial charge is 0.202 e. The van der Waals surface area contributed by atoms with Gasteiger partial charge in [0.25, 0.3) is 0 Å². The Labute approximate surface area is 313 Å². The Morgan fingerprint density at radius 3 is 1.56 bits per heavy atom. The standard InChI is InChI=1S/C46H31F4N2P2/c47-43-39(30-51)44(48)46(50)42(45(43)49)40(41(34-20-16-17-21-34)33-18-6-1-7-19-33)31-52-54(37-26-12-4-13-27-37,38-28-14-5-15-29-38)32-53(35-22-8-2-9-23-35)36-24-10-3-11-25-36/h1-20,22-29,31H,32H2/q+1/b41-40-,52-31+. The van der Waals surface area contributed by atoms with Crippen LogP contribution in [0, 0.1) is 34.6 Å². The Kier molecular flexibility index (Phi) is 11.1. The Balaban J connectivity index is 1.59. The van der Waals surface area contributed by atoms with Gasteiger partial charge in [-0.1, -0.05) is 133 Å². The molecule has 54 heavy (non-hydrogen) atoms. The molecule has 0 spiro atoms. The van der Waals surface area contributed by atoms with Gasteiger partial charge in [0, 0.05) is 16.7 Å². The molecule has 8 heteroatoms. The monoisotopic (exact) mass is 749 g/mol. The van der Waals surface area contributed by atoms with Crippen LogP contribution in [0.2, 0.25) is 0 Å². The lowest BCUT2D eigenvalue weighted by molar-refractivity contribution is 0.447. The van der Waals surface area contributed by atoms with E-state index in [1.807, 2.05) is 97.1 Å². The zero-order valence-electron chi connectivity index (χ0n) is 28.8. The molecule has 1 aliphatic rings. The van der Waals surface area contributed by atoms with E-state index in [0.29, 0.717) is 17.0 Å². The number of hydrogen-bond acceptors (Lipinski definition) is 2. The number of hydrogen-bond donors (Lipinski definition) is 0. The van der Waals surface area contributed by atoms with Crippen molar-refractivity contribution in [2.45, 2.75) is 0 Å². The molecule has 0 radical (unpaired) electrons. The molecule has 1 aliphatic carbocycles. The van der Waals surface area contributed by atoms with E-state index in [0.717, 1.165) is 21.2 Å². The topological polar surface area (TPSA) is 36.1 Å². The average molecular weight is 750 g/mol. The predicted octanol–water partition coefficient (Wildman–Crippen LogP) is 10.4. The first-order chi connectivity index (χ1) is 26.4. The minimum Gasteiger partial charge on any atom is -0.203 e. The molecule has 0 aromatic heterocycles. The zero-order valence-corrected chi connectivity index (χ0v) is 30.5. The van der Waals surface area contributed by atoms with Crippen molar-refractivity contribution in [2.24, 2.45) is 4.76 Å². The van der Waals surface area contributed by atoms with Crippen LogP contribution in [0.3, 0.4) is 0 Å². The highest BCUT2D eigenvalue weighted by atomic mass is 31.2. The van der Waals surface area contributed by atoms with Crippen LogP contribution in [0.25, 0.3) is 11.1 Å². The minimum atomic E-state index is -2.97. The van der Waals surface area contributed by atoms with E-state index in [9.17, 15) is 5.26 Å². The number of nitrogens with zero attached hydrogens (tertiary/aromatic N) is 2. The van der Waals surface area contributed by atoms with Gasteiger partial charge in [-0.3, -0.25) is 0 Å². The van der Waals surface area contributed by atoms with Gasteiger partial charge in [0.1, 0.15) is 28.1 Å². The molecule has 0 aliphatic heterocycles. The quantitative estimate of drug-likeness (QED) is 0.0325. The van der Waals surface area contributed by atoms with Gasteiger partial charge in [0.05, 0.1) is 11.8 Å². The van der Waals surface area contributed by atoms with E-state index in [1.165, 1.54) is 12.3 Å².